The Morgan fingerprint density at radius 2 is 2.05 bits per heavy atom. The highest BCUT2D eigenvalue weighted by molar-refractivity contribution is 5.79. The molecule has 2 rings (SSSR count). The second kappa shape index (κ2) is 7.53. The highest BCUT2D eigenvalue weighted by Gasteiger charge is 2.31. The van der Waals surface area contributed by atoms with Gasteiger partial charge in [0.2, 0.25) is 0 Å². The van der Waals surface area contributed by atoms with Gasteiger partial charge in [0.15, 0.2) is 5.96 Å². The molecule has 0 spiro atoms. The quantitative estimate of drug-likeness (QED) is 0.624. The van der Waals surface area contributed by atoms with Crippen LogP contribution < -0.4 is 10.6 Å². The number of hydrogen-bond acceptors (Lipinski definition) is 1. The summed E-state index contributed by atoms with van der Waals surface area (Å²) in [6, 6.07) is 2.12. The monoisotopic (exact) mass is 290 g/mol. The van der Waals surface area contributed by atoms with Crippen LogP contribution in [0.1, 0.15) is 51.5 Å². The Morgan fingerprint density at radius 3 is 2.62 bits per heavy atom. The Balaban J connectivity index is 1.91. The molecule has 1 aliphatic carbocycles. The van der Waals surface area contributed by atoms with Crippen molar-refractivity contribution in [3.05, 3.63) is 24.0 Å². The number of aryl methyl sites for hydroxylation is 1. The number of nitrogens with one attached hydrogen (secondary N) is 2. The summed E-state index contributed by atoms with van der Waals surface area (Å²) in [4.78, 5) is 4.70. The van der Waals surface area contributed by atoms with E-state index in [4.69, 9.17) is 4.99 Å². The third kappa shape index (κ3) is 4.51. The van der Waals surface area contributed by atoms with E-state index in [1.54, 1.807) is 0 Å². The molecule has 1 fully saturated rings. The van der Waals surface area contributed by atoms with Gasteiger partial charge in [0, 0.05) is 32.5 Å². The highest BCUT2D eigenvalue weighted by atomic mass is 15.2. The van der Waals surface area contributed by atoms with E-state index >= 15 is 0 Å². The fourth-order valence-corrected chi connectivity index (χ4v) is 3.22. The third-order valence-electron chi connectivity index (χ3n) is 4.70. The number of rotatable bonds is 6. The van der Waals surface area contributed by atoms with Crippen LogP contribution in [0, 0.1) is 5.41 Å². The maximum absolute atomic E-state index is 4.70. The van der Waals surface area contributed by atoms with E-state index < -0.39 is 0 Å². The van der Waals surface area contributed by atoms with Crippen molar-refractivity contribution in [1.82, 2.24) is 15.2 Å². The molecule has 0 unspecified atom stereocenters. The zero-order valence-corrected chi connectivity index (χ0v) is 13.8. The summed E-state index contributed by atoms with van der Waals surface area (Å²) in [5, 5.41) is 6.92. The SMILES string of the molecule is CCNC(=NCc1ccn(C)c1)NCC1(CC)CCCC1. The molecule has 1 heterocycles. The van der Waals surface area contributed by atoms with Gasteiger partial charge in [0.1, 0.15) is 0 Å². The van der Waals surface area contributed by atoms with E-state index in [1.165, 1.54) is 37.7 Å². The Bertz CT molecular complexity index is 455. The van der Waals surface area contributed by atoms with Gasteiger partial charge in [-0.05, 0) is 43.2 Å². The number of nitrogens with zero attached hydrogens (tertiary/aromatic N) is 2. The van der Waals surface area contributed by atoms with Crippen LogP contribution in [0.4, 0.5) is 0 Å². The second-order valence-electron chi connectivity index (χ2n) is 6.29. The fourth-order valence-electron chi connectivity index (χ4n) is 3.22. The molecule has 2 N–H and O–H groups in total. The van der Waals surface area contributed by atoms with Gasteiger partial charge >= 0.3 is 0 Å². The van der Waals surface area contributed by atoms with Crippen molar-refractivity contribution >= 4 is 5.96 Å². The topological polar surface area (TPSA) is 41.4 Å². The van der Waals surface area contributed by atoms with Gasteiger partial charge in [-0.25, -0.2) is 4.99 Å². The molecule has 4 heteroatoms. The minimum absolute atomic E-state index is 0.489. The van der Waals surface area contributed by atoms with Gasteiger partial charge in [-0.1, -0.05) is 19.8 Å². The maximum atomic E-state index is 4.70. The van der Waals surface area contributed by atoms with Gasteiger partial charge < -0.3 is 15.2 Å². The van der Waals surface area contributed by atoms with Crippen molar-refractivity contribution in [2.24, 2.45) is 17.5 Å². The van der Waals surface area contributed by atoms with Crippen LogP contribution in [0.25, 0.3) is 0 Å². The minimum Gasteiger partial charge on any atom is -0.357 e. The van der Waals surface area contributed by atoms with E-state index in [9.17, 15) is 0 Å². The van der Waals surface area contributed by atoms with E-state index in [-0.39, 0.29) is 0 Å². The van der Waals surface area contributed by atoms with Crippen molar-refractivity contribution < 1.29 is 0 Å². The zero-order valence-electron chi connectivity index (χ0n) is 13.8. The summed E-state index contributed by atoms with van der Waals surface area (Å²) >= 11 is 0. The van der Waals surface area contributed by atoms with E-state index in [0.29, 0.717) is 5.41 Å². The Labute approximate surface area is 129 Å². The van der Waals surface area contributed by atoms with E-state index in [1.807, 2.05) is 7.05 Å². The normalized spacial score (nSPS) is 18.0. The molecule has 1 saturated carbocycles. The fraction of sp³-hybridized carbons (Fsp3) is 0.706. The van der Waals surface area contributed by atoms with Gasteiger partial charge in [-0.15, -0.1) is 0 Å². The molecule has 0 aliphatic heterocycles. The number of hydrogen-bond donors (Lipinski definition) is 2. The zero-order chi connectivity index (χ0) is 15.1. The molecule has 21 heavy (non-hydrogen) atoms. The highest BCUT2D eigenvalue weighted by Crippen LogP contribution is 2.40. The number of aliphatic imine (C=N–C) groups is 1. The molecule has 0 saturated heterocycles. The molecule has 1 aromatic rings. The number of aromatic nitrogens is 1. The lowest BCUT2D eigenvalue weighted by atomic mass is 9.83. The van der Waals surface area contributed by atoms with Crippen molar-refractivity contribution in [3.63, 3.8) is 0 Å². The average molecular weight is 290 g/mol. The van der Waals surface area contributed by atoms with Crippen LogP contribution in [-0.4, -0.2) is 23.6 Å². The predicted octanol–water partition coefficient (Wildman–Crippen LogP) is 3.05. The lowest BCUT2D eigenvalue weighted by Crippen LogP contribution is -2.42. The standard InChI is InChI=1S/C17H30N4/c1-4-17(9-6-7-10-17)14-20-16(18-5-2)19-12-15-8-11-21(3)13-15/h8,11,13H,4-7,9-10,12,14H2,1-3H3,(H2,18,19,20). The molecule has 0 aromatic carbocycles. The first-order chi connectivity index (χ1) is 10.2. The summed E-state index contributed by atoms with van der Waals surface area (Å²) in [7, 11) is 2.04. The van der Waals surface area contributed by atoms with Crippen LogP contribution in [0.5, 0.6) is 0 Å². The van der Waals surface area contributed by atoms with E-state index in [2.05, 4.69) is 47.5 Å². The minimum atomic E-state index is 0.489. The van der Waals surface area contributed by atoms with Crippen LogP contribution in [-0.2, 0) is 13.6 Å². The van der Waals surface area contributed by atoms with Gasteiger partial charge in [0.25, 0.3) is 0 Å². The molecule has 118 valence electrons. The van der Waals surface area contributed by atoms with Gasteiger partial charge in [0.05, 0.1) is 6.54 Å². The molecule has 0 radical (unpaired) electrons. The summed E-state index contributed by atoms with van der Waals surface area (Å²) in [6.45, 7) is 7.12. The molecule has 1 aliphatic rings. The third-order valence-corrected chi connectivity index (χ3v) is 4.70. The van der Waals surface area contributed by atoms with Crippen molar-refractivity contribution in [2.75, 3.05) is 13.1 Å². The first kappa shape index (κ1) is 15.9. The Kier molecular flexibility index (Phi) is 5.71. The predicted molar refractivity (Wildman–Crippen MR) is 89.4 cm³/mol. The molecule has 0 amide bonds. The first-order valence-corrected chi connectivity index (χ1v) is 8.30. The molecule has 0 atom stereocenters. The molecular weight excluding hydrogens is 260 g/mol. The van der Waals surface area contributed by atoms with Crippen LogP contribution in [0.2, 0.25) is 0 Å². The van der Waals surface area contributed by atoms with E-state index in [0.717, 1.165) is 25.6 Å². The molecule has 4 nitrogen and oxygen atoms in total. The summed E-state index contributed by atoms with van der Waals surface area (Å²) < 4.78 is 2.07. The van der Waals surface area contributed by atoms with Crippen LogP contribution >= 0.6 is 0 Å². The lowest BCUT2D eigenvalue weighted by Gasteiger charge is -2.28. The first-order valence-electron chi connectivity index (χ1n) is 8.30. The Hall–Kier alpha value is -1.45. The average Bonchev–Trinajstić information content (AvgIpc) is 3.12. The summed E-state index contributed by atoms with van der Waals surface area (Å²) in [6.07, 6.45) is 10.9. The molecular formula is C17H30N4. The van der Waals surface area contributed by atoms with Crippen molar-refractivity contribution in [3.8, 4) is 0 Å². The maximum Gasteiger partial charge on any atom is 0.191 e. The van der Waals surface area contributed by atoms with Gasteiger partial charge in [-0.3, -0.25) is 0 Å². The van der Waals surface area contributed by atoms with Crippen molar-refractivity contribution in [2.45, 2.75) is 52.5 Å². The van der Waals surface area contributed by atoms with Gasteiger partial charge in [-0.2, -0.15) is 0 Å². The second-order valence-corrected chi connectivity index (χ2v) is 6.29. The lowest BCUT2D eigenvalue weighted by molar-refractivity contribution is 0.283. The van der Waals surface area contributed by atoms with Crippen molar-refractivity contribution in [1.29, 1.82) is 0 Å². The molecule has 1 aromatic heterocycles. The Morgan fingerprint density at radius 1 is 1.29 bits per heavy atom. The largest absolute Gasteiger partial charge is 0.357 e. The summed E-state index contributed by atoms with van der Waals surface area (Å²) in [5.41, 5.74) is 1.74. The van der Waals surface area contributed by atoms with Crippen LogP contribution in [0.3, 0.4) is 0 Å². The summed E-state index contributed by atoms with van der Waals surface area (Å²) in [5.74, 6) is 0.945. The molecule has 0 bridgehead atoms. The van der Waals surface area contributed by atoms with Crippen LogP contribution in [0.15, 0.2) is 23.5 Å². The smallest absolute Gasteiger partial charge is 0.191 e. The number of guanidine groups is 1.